The SMILES string of the molecule is c1ccc(-c2cc(-c3ccc(-c4ccc(-c5ccc6ccc7ccccc7c6c5)cc4)c4c3oc3ccccc34)nc(-c3ccccc3)n2)cc1. The first-order chi connectivity index (χ1) is 25.3. The minimum Gasteiger partial charge on any atom is -0.455 e. The number of hydrogen-bond donors (Lipinski definition) is 0. The summed E-state index contributed by atoms with van der Waals surface area (Å²) in [4.78, 5) is 10.1. The van der Waals surface area contributed by atoms with Gasteiger partial charge in [-0.25, -0.2) is 9.97 Å². The third-order valence-electron chi connectivity index (χ3n) is 9.91. The summed E-state index contributed by atoms with van der Waals surface area (Å²) < 4.78 is 6.70. The van der Waals surface area contributed by atoms with Gasteiger partial charge in [-0.3, -0.25) is 0 Å². The molecule has 51 heavy (non-hydrogen) atoms. The van der Waals surface area contributed by atoms with Crippen molar-refractivity contribution in [3.05, 3.63) is 182 Å². The van der Waals surface area contributed by atoms with Gasteiger partial charge in [-0.1, -0.05) is 158 Å². The van der Waals surface area contributed by atoms with Crippen molar-refractivity contribution >= 4 is 43.5 Å². The summed E-state index contributed by atoms with van der Waals surface area (Å²) in [6.07, 6.45) is 0. The van der Waals surface area contributed by atoms with Crippen LogP contribution < -0.4 is 0 Å². The van der Waals surface area contributed by atoms with E-state index in [-0.39, 0.29) is 0 Å². The highest BCUT2D eigenvalue weighted by Crippen LogP contribution is 2.42. The predicted octanol–water partition coefficient (Wildman–Crippen LogP) is 13.0. The molecule has 0 aliphatic rings. The maximum atomic E-state index is 6.70. The second-order valence-electron chi connectivity index (χ2n) is 13.0. The van der Waals surface area contributed by atoms with E-state index in [0.717, 1.165) is 61.1 Å². The Morgan fingerprint density at radius 1 is 0.353 bits per heavy atom. The fourth-order valence-corrected chi connectivity index (χ4v) is 7.35. The molecule has 0 atom stereocenters. The third-order valence-corrected chi connectivity index (χ3v) is 9.91. The van der Waals surface area contributed by atoms with Crippen LogP contribution in [-0.4, -0.2) is 9.97 Å². The van der Waals surface area contributed by atoms with Gasteiger partial charge in [-0.05, 0) is 68.1 Å². The molecule has 0 fully saturated rings. The van der Waals surface area contributed by atoms with Crippen molar-refractivity contribution in [3.8, 4) is 56.2 Å². The highest BCUT2D eigenvalue weighted by Gasteiger charge is 2.20. The first-order valence-electron chi connectivity index (χ1n) is 17.2. The van der Waals surface area contributed by atoms with Gasteiger partial charge in [0.2, 0.25) is 0 Å². The second-order valence-corrected chi connectivity index (χ2v) is 13.0. The Morgan fingerprint density at radius 3 is 1.75 bits per heavy atom. The number of nitrogens with zero attached hydrogens (tertiary/aromatic N) is 2. The van der Waals surface area contributed by atoms with Gasteiger partial charge in [-0.2, -0.15) is 0 Å². The van der Waals surface area contributed by atoms with Crippen molar-refractivity contribution in [1.82, 2.24) is 9.97 Å². The number of furan rings is 1. The monoisotopic (exact) mass is 650 g/mol. The molecule has 0 aliphatic heterocycles. The van der Waals surface area contributed by atoms with E-state index >= 15 is 0 Å². The Hall–Kier alpha value is -6.84. The summed E-state index contributed by atoms with van der Waals surface area (Å²) >= 11 is 0. The maximum Gasteiger partial charge on any atom is 0.160 e. The molecule has 0 aliphatic carbocycles. The van der Waals surface area contributed by atoms with Crippen LogP contribution in [0.1, 0.15) is 0 Å². The van der Waals surface area contributed by atoms with Gasteiger partial charge >= 0.3 is 0 Å². The lowest BCUT2D eigenvalue weighted by molar-refractivity contribution is 0.670. The zero-order valence-electron chi connectivity index (χ0n) is 27.6. The predicted molar refractivity (Wildman–Crippen MR) is 212 cm³/mol. The molecule has 0 bridgehead atoms. The first kappa shape index (κ1) is 29.1. The second kappa shape index (κ2) is 11.9. The number of para-hydroxylation sites is 1. The summed E-state index contributed by atoms with van der Waals surface area (Å²) in [6.45, 7) is 0. The van der Waals surface area contributed by atoms with Gasteiger partial charge < -0.3 is 4.42 Å². The lowest BCUT2D eigenvalue weighted by atomic mass is 9.93. The van der Waals surface area contributed by atoms with E-state index in [1.54, 1.807) is 0 Å². The summed E-state index contributed by atoms with van der Waals surface area (Å²) in [5, 5.41) is 7.21. The Balaban J connectivity index is 1.12. The minimum atomic E-state index is 0.678. The highest BCUT2D eigenvalue weighted by molar-refractivity contribution is 6.16. The Morgan fingerprint density at radius 2 is 0.941 bits per heavy atom. The van der Waals surface area contributed by atoms with Crippen molar-refractivity contribution < 1.29 is 4.42 Å². The topological polar surface area (TPSA) is 38.9 Å². The van der Waals surface area contributed by atoms with Gasteiger partial charge in [0.25, 0.3) is 0 Å². The maximum absolute atomic E-state index is 6.70. The molecule has 0 amide bonds. The molecule has 0 N–H and O–H groups in total. The minimum absolute atomic E-state index is 0.678. The molecule has 10 aromatic rings. The number of rotatable bonds is 5. The molecule has 3 heteroatoms. The summed E-state index contributed by atoms with van der Waals surface area (Å²) in [5.41, 5.74) is 10.9. The van der Waals surface area contributed by atoms with Gasteiger partial charge in [0.15, 0.2) is 5.82 Å². The Kier molecular flexibility index (Phi) is 6.81. The van der Waals surface area contributed by atoms with Crippen molar-refractivity contribution in [3.63, 3.8) is 0 Å². The summed E-state index contributed by atoms with van der Waals surface area (Å²) in [6, 6.07) is 63.8. The van der Waals surface area contributed by atoms with E-state index in [9.17, 15) is 0 Å². The van der Waals surface area contributed by atoms with Gasteiger partial charge in [0, 0.05) is 27.5 Å². The van der Waals surface area contributed by atoms with Crippen LogP contribution in [0.4, 0.5) is 0 Å². The van der Waals surface area contributed by atoms with E-state index in [1.165, 1.54) is 32.7 Å². The average Bonchev–Trinajstić information content (AvgIpc) is 3.61. The number of benzene rings is 8. The molecule has 0 saturated heterocycles. The molecule has 0 radical (unpaired) electrons. The Labute approximate surface area is 295 Å². The molecule has 10 rings (SSSR count). The quantitative estimate of drug-likeness (QED) is 0.174. The molecule has 2 heterocycles. The van der Waals surface area contributed by atoms with Crippen molar-refractivity contribution in [2.45, 2.75) is 0 Å². The fraction of sp³-hybridized carbons (Fsp3) is 0. The van der Waals surface area contributed by atoms with Crippen LogP contribution in [0.3, 0.4) is 0 Å². The summed E-state index contributed by atoms with van der Waals surface area (Å²) in [7, 11) is 0. The third kappa shape index (κ3) is 5.06. The first-order valence-corrected chi connectivity index (χ1v) is 17.2. The van der Waals surface area contributed by atoms with Crippen molar-refractivity contribution in [1.29, 1.82) is 0 Å². The molecule has 8 aromatic carbocycles. The normalized spacial score (nSPS) is 11.5. The standard InChI is InChI=1S/C48H30N2O/c1-3-12-35(13-4-1)43-30-44(50-48(49-43)36-14-5-2-6-15-36)40-28-27-39(46-41-17-9-10-18-45(41)51-47(40)46)33-21-19-31(20-22-33)37-26-25-34-24-23-32-11-7-8-16-38(32)42(34)29-37/h1-30H. The molecule has 2 aromatic heterocycles. The van der Waals surface area contributed by atoms with Crippen LogP contribution in [0.2, 0.25) is 0 Å². The number of fused-ring (bicyclic) bond motifs is 6. The lowest BCUT2D eigenvalue weighted by Gasteiger charge is -2.12. The van der Waals surface area contributed by atoms with E-state index < -0.39 is 0 Å². The average molecular weight is 651 g/mol. The van der Waals surface area contributed by atoms with Crippen LogP contribution in [0.25, 0.3) is 99.6 Å². The van der Waals surface area contributed by atoms with Crippen molar-refractivity contribution in [2.24, 2.45) is 0 Å². The van der Waals surface area contributed by atoms with E-state index in [0.29, 0.717) is 5.82 Å². The van der Waals surface area contributed by atoms with Gasteiger partial charge in [0.05, 0.1) is 11.4 Å². The van der Waals surface area contributed by atoms with Crippen LogP contribution in [0, 0.1) is 0 Å². The smallest absolute Gasteiger partial charge is 0.160 e. The van der Waals surface area contributed by atoms with Crippen LogP contribution in [-0.2, 0) is 0 Å². The zero-order valence-corrected chi connectivity index (χ0v) is 27.6. The Bertz CT molecular complexity index is 2830. The van der Waals surface area contributed by atoms with E-state index in [4.69, 9.17) is 14.4 Å². The molecular weight excluding hydrogens is 621 g/mol. The van der Waals surface area contributed by atoms with Crippen molar-refractivity contribution in [2.75, 3.05) is 0 Å². The van der Waals surface area contributed by atoms with Crippen LogP contribution >= 0.6 is 0 Å². The molecule has 238 valence electrons. The summed E-state index contributed by atoms with van der Waals surface area (Å²) in [5.74, 6) is 0.678. The lowest BCUT2D eigenvalue weighted by Crippen LogP contribution is -1.96. The molecular formula is C48H30N2O. The molecule has 0 spiro atoms. The number of hydrogen-bond acceptors (Lipinski definition) is 3. The number of aromatic nitrogens is 2. The molecule has 0 saturated carbocycles. The highest BCUT2D eigenvalue weighted by atomic mass is 16.3. The van der Waals surface area contributed by atoms with Crippen LogP contribution in [0.15, 0.2) is 186 Å². The zero-order chi connectivity index (χ0) is 33.7. The fourth-order valence-electron chi connectivity index (χ4n) is 7.35. The van der Waals surface area contributed by atoms with E-state index in [2.05, 4.69) is 133 Å². The molecule has 3 nitrogen and oxygen atoms in total. The van der Waals surface area contributed by atoms with Gasteiger partial charge in [0.1, 0.15) is 11.2 Å². The largest absolute Gasteiger partial charge is 0.455 e. The molecule has 0 unspecified atom stereocenters. The van der Waals surface area contributed by atoms with Gasteiger partial charge in [-0.15, -0.1) is 0 Å². The van der Waals surface area contributed by atoms with Crippen LogP contribution in [0.5, 0.6) is 0 Å². The van der Waals surface area contributed by atoms with E-state index in [1.807, 2.05) is 48.5 Å².